The number of hydrogen-bond donors (Lipinski definition) is 1. The SMILES string of the molecule is OC1(OC2CCCCO2)CC2CCCC2O1. The highest BCUT2D eigenvalue weighted by molar-refractivity contribution is 4.87. The first kappa shape index (κ1) is 11.0. The smallest absolute Gasteiger partial charge is 0.283 e. The van der Waals surface area contributed by atoms with Crippen molar-refractivity contribution < 1.29 is 19.3 Å². The third-order valence-electron chi connectivity index (χ3n) is 3.90. The van der Waals surface area contributed by atoms with Crippen LogP contribution in [0, 0.1) is 5.92 Å². The molecule has 1 saturated carbocycles. The highest BCUT2D eigenvalue weighted by Gasteiger charge is 2.49. The summed E-state index contributed by atoms with van der Waals surface area (Å²) in [6, 6.07) is 0. The van der Waals surface area contributed by atoms with E-state index in [1.165, 1.54) is 6.42 Å². The van der Waals surface area contributed by atoms with Crippen LogP contribution < -0.4 is 0 Å². The van der Waals surface area contributed by atoms with E-state index >= 15 is 0 Å². The third-order valence-corrected chi connectivity index (χ3v) is 3.90. The van der Waals surface area contributed by atoms with Crippen molar-refractivity contribution in [3.8, 4) is 0 Å². The Morgan fingerprint density at radius 1 is 1.12 bits per heavy atom. The highest BCUT2D eigenvalue weighted by atomic mass is 16.9. The summed E-state index contributed by atoms with van der Waals surface area (Å²) in [4.78, 5) is 0. The monoisotopic (exact) mass is 228 g/mol. The molecule has 3 aliphatic rings. The molecule has 0 aromatic rings. The van der Waals surface area contributed by atoms with Gasteiger partial charge in [-0.2, -0.15) is 0 Å². The lowest BCUT2D eigenvalue weighted by Crippen LogP contribution is -2.39. The molecule has 0 aromatic heterocycles. The maximum Gasteiger partial charge on any atom is 0.283 e. The van der Waals surface area contributed by atoms with Gasteiger partial charge in [0.1, 0.15) is 0 Å². The predicted octanol–water partition coefficient (Wildman–Crippen LogP) is 1.76. The molecule has 4 atom stereocenters. The summed E-state index contributed by atoms with van der Waals surface area (Å²) in [7, 11) is 0. The molecule has 16 heavy (non-hydrogen) atoms. The van der Waals surface area contributed by atoms with Gasteiger partial charge in [-0.1, -0.05) is 6.42 Å². The van der Waals surface area contributed by atoms with Crippen molar-refractivity contribution in [3.63, 3.8) is 0 Å². The van der Waals surface area contributed by atoms with Gasteiger partial charge in [0, 0.05) is 13.0 Å². The molecule has 0 amide bonds. The van der Waals surface area contributed by atoms with Crippen LogP contribution in [0.4, 0.5) is 0 Å². The van der Waals surface area contributed by atoms with Gasteiger partial charge in [0.05, 0.1) is 6.10 Å². The van der Waals surface area contributed by atoms with E-state index in [0.29, 0.717) is 12.3 Å². The van der Waals surface area contributed by atoms with E-state index in [1.54, 1.807) is 0 Å². The second-order valence-corrected chi connectivity index (χ2v) is 5.18. The molecule has 2 saturated heterocycles. The standard InChI is InChI=1S/C12H20O4/c13-12(16-11-6-1-2-7-14-11)8-9-4-3-5-10(9)15-12/h9-11,13H,1-8H2. The van der Waals surface area contributed by atoms with Gasteiger partial charge in [-0.05, 0) is 38.0 Å². The van der Waals surface area contributed by atoms with Crippen molar-refractivity contribution in [1.82, 2.24) is 0 Å². The van der Waals surface area contributed by atoms with E-state index in [0.717, 1.165) is 38.7 Å². The van der Waals surface area contributed by atoms with Crippen LogP contribution in [-0.2, 0) is 14.2 Å². The van der Waals surface area contributed by atoms with Crippen LogP contribution >= 0.6 is 0 Å². The molecule has 4 nitrogen and oxygen atoms in total. The summed E-state index contributed by atoms with van der Waals surface area (Å²) < 4.78 is 16.7. The molecule has 0 aromatic carbocycles. The summed E-state index contributed by atoms with van der Waals surface area (Å²) in [5.41, 5.74) is 0. The van der Waals surface area contributed by atoms with Crippen molar-refractivity contribution in [2.24, 2.45) is 5.92 Å². The van der Waals surface area contributed by atoms with Crippen LogP contribution in [-0.4, -0.2) is 30.1 Å². The molecule has 3 rings (SSSR count). The zero-order chi connectivity index (χ0) is 11.0. The Hall–Kier alpha value is -0.160. The summed E-state index contributed by atoms with van der Waals surface area (Å²) in [6.45, 7) is 0.730. The topological polar surface area (TPSA) is 47.9 Å². The van der Waals surface area contributed by atoms with Gasteiger partial charge in [-0.3, -0.25) is 4.74 Å². The van der Waals surface area contributed by atoms with Gasteiger partial charge in [-0.25, -0.2) is 0 Å². The van der Waals surface area contributed by atoms with Gasteiger partial charge >= 0.3 is 0 Å². The number of aliphatic hydroxyl groups is 1. The fourth-order valence-corrected chi connectivity index (χ4v) is 3.09. The van der Waals surface area contributed by atoms with Gasteiger partial charge < -0.3 is 14.6 Å². The van der Waals surface area contributed by atoms with E-state index < -0.39 is 5.97 Å². The molecule has 2 heterocycles. The predicted molar refractivity (Wildman–Crippen MR) is 56.5 cm³/mol. The second-order valence-electron chi connectivity index (χ2n) is 5.18. The van der Waals surface area contributed by atoms with Crippen molar-refractivity contribution >= 4 is 0 Å². The molecule has 1 aliphatic carbocycles. The molecule has 0 spiro atoms. The quantitative estimate of drug-likeness (QED) is 0.732. The maximum absolute atomic E-state index is 10.2. The van der Waals surface area contributed by atoms with Gasteiger partial charge in [0.25, 0.3) is 5.97 Å². The third kappa shape index (κ3) is 2.12. The Morgan fingerprint density at radius 3 is 2.81 bits per heavy atom. The highest BCUT2D eigenvalue weighted by Crippen LogP contribution is 2.44. The number of rotatable bonds is 2. The van der Waals surface area contributed by atoms with E-state index in [9.17, 15) is 5.11 Å². The Morgan fingerprint density at radius 2 is 2.06 bits per heavy atom. The van der Waals surface area contributed by atoms with Crippen LogP contribution in [0.1, 0.15) is 44.9 Å². The van der Waals surface area contributed by atoms with Crippen LogP contribution in [0.5, 0.6) is 0 Å². The fraction of sp³-hybridized carbons (Fsp3) is 1.00. The Bertz CT molecular complexity index is 237. The maximum atomic E-state index is 10.2. The molecular weight excluding hydrogens is 208 g/mol. The van der Waals surface area contributed by atoms with Crippen LogP contribution in [0.3, 0.4) is 0 Å². The minimum atomic E-state index is -1.38. The van der Waals surface area contributed by atoms with E-state index in [2.05, 4.69) is 0 Å². The van der Waals surface area contributed by atoms with Crippen molar-refractivity contribution in [3.05, 3.63) is 0 Å². The minimum absolute atomic E-state index is 0.202. The summed E-state index contributed by atoms with van der Waals surface area (Å²) in [5, 5.41) is 10.2. The number of fused-ring (bicyclic) bond motifs is 1. The zero-order valence-corrected chi connectivity index (χ0v) is 9.56. The van der Waals surface area contributed by atoms with Gasteiger partial charge in [-0.15, -0.1) is 0 Å². The first-order chi connectivity index (χ1) is 7.75. The van der Waals surface area contributed by atoms with E-state index in [1.807, 2.05) is 0 Å². The van der Waals surface area contributed by atoms with E-state index in [4.69, 9.17) is 14.2 Å². The molecule has 4 heteroatoms. The molecule has 4 unspecified atom stereocenters. The summed E-state index contributed by atoms with van der Waals surface area (Å²) >= 11 is 0. The van der Waals surface area contributed by atoms with Crippen molar-refractivity contribution in [1.29, 1.82) is 0 Å². The molecular formula is C12H20O4. The van der Waals surface area contributed by atoms with Gasteiger partial charge in [0.2, 0.25) is 0 Å². The lowest BCUT2D eigenvalue weighted by atomic mass is 10.0. The summed E-state index contributed by atoms with van der Waals surface area (Å²) in [6.07, 6.45) is 7.01. The lowest BCUT2D eigenvalue weighted by molar-refractivity contribution is -0.398. The number of ether oxygens (including phenoxy) is 3. The molecule has 1 N–H and O–H groups in total. The van der Waals surface area contributed by atoms with Crippen LogP contribution in [0.25, 0.3) is 0 Å². The molecule has 0 radical (unpaired) electrons. The number of hydrogen-bond acceptors (Lipinski definition) is 4. The fourth-order valence-electron chi connectivity index (χ4n) is 3.09. The lowest BCUT2D eigenvalue weighted by Gasteiger charge is -2.31. The van der Waals surface area contributed by atoms with Crippen LogP contribution in [0.15, 0.2) is 0 Å². The van der Waals surface area contributed by atoms with E-state index in [-0.39, 0.29) is 12.4 Å². The zero-order valence-electron chi connectivity index (χ0n) is 9.56. The van der Waals surface area contributed by atoms with Crippen LogP contribution in [0.2, 0.25) is 0 Å². The average Bonchev–Trinajstić information content (AvgIpc) is 2.77. The molecule has 3 fully saturated rings. The Kier molecular flexibility index (Phi) is 2.92. The average molecular weight is 228 g/mol. The molecule has 0 bridgehead atoms. The molecule has 92 valence electrons. The minimum Gasteiger partial charge on any atom is -0.352 e. The molecule has 2 aliphatic heterocycles. The van der Waals surface area contributed by atoms with Crippen molar-refractivity contribution in [2.75, 3.05) is 6.61 Å². The summed E-state index contributed by atoms with van der Waals surface area (Å²) in [5.74, 6) is -0.897. The first-order valence-electron chi connectivity index (χ1n) is 6.45. The Balaban J connectivity index is 1.57. The second kappa shape index (κ2) is 4.26. The largest absolute Gasteiger partial charge is 0.352 e. The Labute approximate surface area is 95.9 Å². The van der Waals surface area contributed by atoms with Crippen molar-refractivity contribution in [2.45, 2.75) is 63.3 Å². The van der Waals surface area contributed by atoms with Gasteiger partial charge in [0.15, 0.2) is 6.29 Å². The normalized spacial score (nSPS) is 48.2. The first-order valence-corrected chi connectivity index (χ1v) is 6.45.